The maximum absolute atomic E-state index is 11.7. The van der Waals surface area contributed by atoms with Crippen LogP contribution in [0.3, 0.4) is 0 Å². The van der Waals surface area contributed by atoms with E-state index in [0.29, 0.717) is 11.3 Å². The molecule has 2 aromatic rings. The van der Waals surface area contributed by atoms with Crippen LogP contribution in [0.15, 0.2) is 41.8 Å². The molecule has 1 heterocycles. The van der Waals surface area contributed by atoms with Crippen molar-refractivity contribution in [3.63, 3.8) is 0 Å². The molecule has 4 heteroatoms. The van der Waals surface area contributed by atoms with Crippen LogP contribution in [-0.4, -0.2) is 31.3 Å². The topological polar surface area (TPSA) is 29.5 Å². The Balaban J connectivity index is 2.21. The summed E-state index contributed by atoms with van der Waals surface area (Å²) in [5.41, 5.74) is 0.643. The van der Waals surface area contributed by atoms with Crippen LogP contribution in [0.1, 0.15) is 34.7 Å². The Morgan fingerprint density at radius 1 is 1.24 bits per heavy atom. The van der Waals surface area contributed by atoms with Crippen molar-refractivity contribution in [2.45, 2.75) is 19.4 Å². The highest BCUT2D eigenvalue weighted by atomic mass is 32.1. The van der Waals surface area contributed by atoms with Crippen LogP contribution in [0.25, 0.3) is 0 Å². The third-order valence-electron chi connectivity index (χ3n) is 3.23. The SMILES string of the molecule is CC(=O)c1ccccc1OC(CCN(C)C)c1cccs1. The molecule has 0 bridgehead atoms. The number of para-hydroxylation sites is 1. The van der Waals surface area contributed by atoms with Gasteiger partial charge in [-0.1, -0.05) is 18.2 Å². The lowest BCUT2D eigenvalue weighted by Gasteiger charge is -2.21. The van der Waals surface area contributed by atoms with Crippen molar-refractivity contribution in [1.29, 1.82) is 0 Å². The molecule has 0 amide bonds. The lowest BCUT2D eigenvalue weighted by molar-refractivity contribution is 0.100. The van der Waals surface area contributed by atoms with Crippen LogP contribution in [-0.2, 0) is 0 Å². The number of hydrogen-bond donors (Lipinski definition) is 0. The van der Waals surface area contributed by atoms with E-state index in [1.807, 2.05) is 30.3 Å². The molecule has 1 aromatic carbocycles. The third kappa shape index (κ3) is 4.41. The van der Waals surface area contributed by atoms with E-state index in [-0.39, 0.29) is 11.9 Å². The average molecular weight is 303 g/mol. The molecule has 0 aliphatic carbocycles. The summed E-state index contributed by atoms with van der Waals surface area (Å²) in [5.74, 6) is 0.699. The standard InChI is InChI=1S/C17H21NO2S/c1-13(19)14-7-4-5-8-15(14)20-16(10-11-18(2)3)17-9-6-12-21-17/h4-9,12,16H,10-11H2,1-3H3. The molecule has 0 saturated heterocycles. The molecule has 0 saturated carbocycles. The minimum Gasteiger partial charge on any atom is -0.484 e. The first kappa shape index (κ1) is 15.7. The van der Waals surface area contributed by atoms with Crippen LogP contribution in [0.5, 0.6) is 5.75 Å². The van der Waals surface area contributed by atoms with E-state index in [2.05, 4.69) is 30.4 Å². The smallest absolute Gasteiger partial charge is 0.163 e. The van der Waals surface area contributed by atoms with Gasteiger partial charge in [0.25, 0.3) is 0 Å². The van der Waals surface area contributed by atoms with Gasteiger partial charge in [0.2, 0.25) is 0 Å². The van der Waals surface area contributed by atoms with Crippen molar-refractivity contribution in [2.75, 3.05) is 20.6 Å². The molecule has 2 rings (SSSR count). The van der Waals surface area contributed by atoms with Gasteiger partial charge >= 0.3 is 0 Å². The summed E-state index contributed by atoms with van der Waals surface area (Å²) in [6.45, 7) is 2.51. The van der Waals surface area contributed by atoms with E-state index in [0.717, 1.165) is 13.0 Å². The van der Waals surface area contributed by atoms with E-state index < -0.39 is 0 Å². The van der Waals surface area contributed by atoms with Gasteiger partial charge in [-0.05, 0) is 44.6 Å². The predicted octanol–water partition coefficient (Wildman–Crippen LogP) is 4.02. The zero-order chi connectivity index (χ0) is 15.2. The van der Waals surface area contributed by atoms with Gasteiger partial charge < -0.3 is 9.64 Å². The molecular formula is C17H21NO2S. The fraction of sp³-hybridized carbons (Fsp3) is 0.353. The number of ketones is 1. The van der Waals surface area contributed by atoms with Crippen LogP contribution in [0, 0.1) is 0 Å². The summed E-state index contributed by atoms with van der Waals surface area (Å²) < 4.78 is 6.16. The van der Waals surface area contributed by atoms with Gasteiger partial charge in [0.15, 0.2) is 5.78 Å². The van der Waals surface area contributed by atoms with Crippen LogP contribution >= 0.6 is 11.3 Å². The summed E-state index contributed by atoms with van der Waals surface area (Å²) in [6, 6.07) is 11.6. The molecule has 1 atom stereocenters. The molecule has 0 spiro atoms. The molecule has 0 radical (unpaired) electrons. The second-order valence-corrected chi connectivity index (χ2v) is 6.25. The molecule has 0 fully saturated rings. The van der Waals surface area contributed by atoms with Gasteiger partial charge in [0.05, 0.1) is 5.56 Å². The van der Waals surface area contributed by atoms with Gasteiger partial charge in [-0.25, -0.2) is 0 Å². The summed E-state index contributed by atoms with van der Waals surface area (Å²) in [4.78, 5) is 15.0. The Morgan fingerprint density at radius 2 is 2.00 bits per heavy atom. The van der Waals surface area contributed by atoms with Gasteiger partial charge in [-0.15, -0.1) is 11.3 Å². The molecule has 21 heavy (non-hydrogen) atoms. The lowest BCUT2D eigenvalue weighted by atomic mass is 10.1. The highest BCUT2D eigenvalue weighted by molar-refractivity contribution is 7.10. The number of hydrogen-bond acceptors (Lipinski definition) is 4. The van der Waals surface area contributed by atoms with Crippen molar-refractivity contribution >= 4 is 17.1 Å². The maximum atomic E-state index is 11.7. The number of thiophene rings is 1. The first-order valence-electron chi connectivity index (χ1n) is 7.02. The number of benzene rings is 1. The molecule has 0 aliphatic heterocycles. The van der Waals surface area contributed by atoms with Gasteiger partial charge in [0.1, 0.15) is 11.9 Å². The fourth-order valence-corrected chi connectivity index (χ4v) is 2.91. The van der Waals surface area contributed by atoms with E-state index in [9.17, 15) is 4.79 Å². The molecule has 0 N–H and O–H groups in total. The van der Waals surface area contributed by atoms with Gasteiger partial charge in [-0.3, -0.25) is 4.79 Å². The monoisotopic (exact) mass is 303 g/mol. The summed E-state index contributed by atoms with van der Waals surface area (Å²) in [6.07, 6.45) is 0.868. The van der Waals surface area contributed by atoms with Crippen molar-refractivity contribution in [3.8, 4) is 5.75 Å². The number of Topliss-reactive ketones (excluding diaryl/α,β-unsaturated/α-hetero) is 1. The van der Waals surface area contributed by atoms with Crippen molar-refractivity contribution in [3.05, 3.63) is 52.2 Å². The Hall–Kier alpha value is -1.65. The Bertz CT molecular complexity index is 578. The Labute approximate surface area is 130 Å². The normalized spacial score (nSPS) is 12.4. The highest BCUT2D eigenvalue weighted by Crippen LogP contribution is 2.30. The second-order valence-electron chi connectivity index (χ2n) is 5.27. The molecule has 112 valence electrons. The maximum Gasteiger partial charge on any atom is 0.163 e. The highest BCUT2D eigenvalue weighted by Gasteiger charge is 2.17. The Kier molecular flexibility index (Phi) is 5.53. The fourth-order valence-electron chi connectivity index (χ4n) is 2.12. The zero-order valence-corrected chi connectivity index (χ0v) is 13.5. The second kappa shape index (κ2) is 7.38. The number of nitrogens with zero attached hydrogens (tertiary/aromatic N) is 1. The first-order chi connectivity index (χ1) is 10.1. The minimum absolute atomic E-state index is 0.0205. The van der Waals surface area contributed by atoms with Crippen LogP contribution in [0.4, 0.5) is 0 Å². The summed E-state index contributed by atoms with van der Waals surface area (Å²) in [7, 11) is 4.10. The summed E-state index contributed by atoms with van der Waals surface area (Å²) in [5, 5.41) is 2.05. The number of carbonyl (C=O) groups excluding carboxylic acids is 1. The van der Waals surface area contributed by atoms with Crippen LogP contribution in [0.2, 0.25) is 0 Å². The van der Waals surface area contributed by atoms with E-state index in [1.54, 1.807) is 18.3 Å². The van der Waals surface area contributed by atoms with Crippen molar-refractivity contribution < 1.29 is 9.53 Å². The predicted molar refractivity (Wildman–Crippen MR) is 87.3 cm³/mol. The Morgan fingerprint density at radius 3 is 2.62 bits per heavy atom. The van der Waals surface area contributed by atoms with E-state index in [4.69, 9.17) is 4.74 Å². The molecule has 3 nitrogen and oxygen atoms in total. The average Bonchev–Trinajstić information content (AvgIpc) is 2.97. The molecule has 1 aromatic heterocycles. The molecule has 1 unspecified atom stereocenters. The largest absolute Gasteiger partial charge is 0.484 e. The number of carbonyl (C=O) groups is 1. The van der Waals surface area contributed by atoms with Crippen molar-refractivity contribution in [2.24, 2.45) is 0 Å². The minimum atomic E-state index is -0.0205. The van der Waals surface area contributed by atoms with Gasteiger partial charge in [-0.2, -0.15) is 0 Å². The van der Waals surface area contributed by atoms with Gasteiger partial charge in [0, 0.05) is 17.8 Å². The first-order valence-corrected chi connectivity index (χ1v) is 7.90. The third-order valence-corrected chi connectivity index (χ3v) is 4.20. The molecular weight excluding hydrogens is 282 g/mol. The molecule has 0 aliphatic rings. The summed E-state index contributed by atoms with van der Waals surface area (Å²) >= 11 is 1.69. The van der Waals surface area contributed by atoms with E-state index >= 15 is 0 Å². The quantitative estimate of drug-likeness (QED) is 0.723. The van der Waals surface area contributed by atoms with Crippen LogP contribution < -0.4 is 4.74 Å². The van der Waals surface area contributed by atoms with E-state index in [1.165, 1.54) is 4.88 Å². The lowest BCUT2D eigenvalue weighted by Crippen LogP contribution is -2.18. The van der Waals surface area contributed by atoms with Crippen molar-refractivity contribution in [1.82, 2.24) is 4.90 Å². The zero-order valence-electron chi connectivity index (χ0n) is 12.7. The number of rotatable bonds is 7. The number of ether oxygens (including phenoxy) is 1.